The second-order valence-corrected chi connectivity index (χ2v) is 1.44. The van der Waals surface area contributed by atoms with Crippen LogP contribution in [0.25, 0.3) is 0 Å². The largest absolute Gasteiger partial charge is 0.480 e. The van der Waals surface area contributed by atoms with E-state index in [1.165, 1.54) is 6.21 Å². The van der Waals surface area contributed by atoms with Crippen LogP contribution in [0.1, 0.15) is 6.92 Å². The number of rotatable bonds is 3. The maximum absolute atomic E-state index is 10.0. The Morgan fingerprint density at radius 2 is 2.44 bits per heavy atom. The highest BCUT2D eigenvalue weighted by Gasteiger charge is 2.11. The molecule has 1 atom stereocenters. The highest BCUT2D eigenvalue weighted by molar-refractivity contribution is 5.75. The van der Waals surface area contributed by atoms with E-state index < -0.39 is 18.6 Å². The first kappa shape index (κ1) is 8.10. The van der Waals surface area contributed by atoms with Crippen molar-refractivity contribution < 1.29 is 15.0 Å². The fraction of sp³-hybridized carbons (Fsp3) is 0.600. The molecule has 0 fully saturated rings. The Morgan fingerprint density at radius 1 is 1.89 bits per heavy atom. The number of aliphatic hydroxyl groups excluding tert-OH is 1. The molecule has 0 aromatic carbocycles. The number of aliphatic hydroxyl groups is 1. The van der Waals surface area contributed by atoms with Gasteiger partial charge in [-0.1, -0.05) is 0 Å². The molecule has 0 spiro atoms. The average molecular weight is 131 g/mol. The molecule has 4 nitrogen and oxygen atoms in total. The molecule has 0 radical (unpaired) electrons. The third-order valence-corrected chi connectivity index (χ3v) is 0.787. The maximum atomic E-state index is 10.0. The number of hydrogen-bond donors (Lipinski definition) is 2. The van der Waals surface area contributed by atoms with E-state index in [9.17, 15) is 4.79 Å². The van der Waals surface area contributed by atoms with Crippen LogP contribution in [0.4, 0.5) is 0 Å². The average Bonchev–Trinajstić information content (AvgIpc) is 1.82. The Labute approximate surface area is 52.8 Å². The van der Waals surface area contributed by atoms with Crippen molar-refractivity contribution in [1.82, 2.24) is 0 Å². The molecule has 0 bridgehead atoms. The highest BCUT2D eigenvalue weighted by atomic mass is 16.4. The number of hydrogen-bond acceptors (Lipinski definition) is 3. The van der Waals surface area contributed by atoms with Crippen LogP contribution in [-0.4, -0.2) is 35.0 Å². The third kappa shape index (κ3) is 2.81. The van der Waals surface area contributed by atoms with Crippen molar-refractivity contribution in [3.8, 4) is 0 Å². The van der Waals surface area contributed by atoms with Crippen molar-refractivity contribution in [2.24, 2.45) is 4.99 Å². The molecular weight excluding hydrogens is 122 g/mol. The molecule has 0 aliphatic rings. The Hall–Kier alpha value is -0.900. The minimum atomic E-state index is -1.10. The van der Waals surface area contributed by atoms with E-state index in [2.05, 4.69) is 4.99 Å². The summed E-state index contributed by atoms with van der Waals surface area (Å²) in [6, 6.07) is -0.991. The fourth-order valence-electron chi connectivity index (χ4n) is 0.369. The molecule has 52 valence electrons. The lowest BCUT2D eigenvalue weighted by molar-refractivity contribution is -0.139. The van der Waals surface area contributed by atoms with Crippen LogP contribution in [0.5, 0.6) is 0 Å². The molecule has 0 heterocycles. The van der Waals surface area contributed by atoms with Gasteiger partial charge in [-0.05, 0) is 13.1 Å². The lowest BCUT2D eigenvalue weighted by Gasteiger charge is -1.99. The topological polar surface area (TPSA) is 69.9 Å². The van der Waals surface area contributed by atoms with Gasteiger partial charge in [0.2, 0.25) is 0 Å². The zero-order valence-corrected chi connectivity index (χ0v) is 5.11. The summed E-state index contributed by atoms with van der Waals surface area (Å²) in [6.45, 7) is 1.16. The van der Waals surface area contributed by atoms with Gasteiger partial charge in [0.05, 0.1) is 6.61 Å². The number of nitrogens with zero attached hydrogens (tertiary/aromatic N) is 1. The van der Waals surface area contributed by atoms with Gasteiger partial charge in [-0.15, -0.1) is 0 Å². The smallest absolute Gasteiger partial charge is 0.330 e. The van der Waals surface area contributed by atoms with Crippen molar-refractivity contribution in [2.45, 2.75) is 13.0 Å². The molecule has 0 rings (SSSR count). The molecule has 0 saturated carbocycles. The molecule has 0 saturated heterocycles. The van der Waals surface area contributed by atoms with E-state index in [1.807, 2.05) is 0 Å². The van der Waals surface area contributed by atoms with Gasteiger partial charge in [0.1, 0.15) is 0 Å². The van der Waals surface area contributed by atoms with Crippen molar-refractivity contribution in [1.29, 1.82) is 0 Å². The molecule has 9 heavy (non-hydrogen) atoms. The Kier molecular flexibility index (Phi) is 3.62. The van der Waals surface area contributed by atoms with Gasteiger partial charge < -0.3 is 10.2 Å². The first-order valence-electron chi connectivity index (χ1n) is 2.53. The summed E-state index contributed by atoms with van der Waals surface area (Å²) < 4.78 is 0. The summed E-state index contributed by atoms with van der Waals surface area (Å²) in [5.74, 6) is -1.10. The summed E-state index contributed by atoms with van der Waals surface area (Å²) in [5.41, 5.74) is 0. The van der Waals surface area contributed by atoms with Gasteiger partial charge in [0.15, 0.2) is 6.04 Å². The summed E-state index contributed by atoms with van der Waals surface area (Å²) in [5, 5.41) is 16.6. The summed E-state index contributed by atoms with van der Waals surface area (Å²) in [4.78, 5) is 13.5. The number of carboxylic acids is 1. The van der Waals surface area contributed by atoms with Crippen LogP contribution in [0.15, 0.2) is 4.99 Å². The second-order valence-electron chi connectivity index (χ2n) is 1.44. The summed E-state index contributed by atoms with van der Waals surface area (Å²) in [7, 11) is 0. The van der Waals surface area contributed by atoms with Gasteiger partial charge >= 0.3 is 5.97 Å². The summed E-state index contributed by atoms with van der Waals surface area (Å²) in [6.07, 6.45) is 1.36. The number of carboxylic acid groups (broad SMARTS) is 1. The molecule has 1 unspecified atom stereocenters. The minimum absolute atomic E-state index is 0.445. The van der Waals surface area contributed by atoms with Crippen molar-refractivity contribution in [3.63, 3.8) is 0 Å². The van der Waals surface area contributed by atoms with Crippen LogP contribution < -0.4 is 0 Å². The number of carbonyl (C=O) groups is 1. The van der Waals surface area contributed by atoms with Crippen molar-refractivity contribution in [2.75, 3.05) is 6.61 Å². The molecule has 0 aromatic heterocycles. The molecule has 0 aliphatic carbocycles. The summed E-state index contributed by atoms with van der Waals surface area (Å²) >= 11 is 0. The van der Waals surface area contributed by atoms with Gasteiger partial charge in [0.25, 0.3) is 0 Å². The van der Waals surface area contributed by atoms with E-state index in [0.29, 0.717) is 0 Å². The van der Waals surface area contributed by atoms with Crippen molar-refractivity contribution in [3.05, 3.63) is 0 Å². The standard InChI is InChI=1S/C5H9NO3/c1-2-6-4(3-7)5(8)9/h2,4,7H,3H2,1H3,(H,8,9). The monoisotopic (exact) mass is 131 g/mol. The minimum Gasteiger partial charge on any atom is -0.480 e. The molecular formula is C5H9NO3. The van der Waals surface area contributed by atoms with E-state index in [4.69, 9.17) is 10.2 Å². The van der Waals surface area contributed by atoms with Crippen LogP contribution in [0.2, 0.25) is 0 Å². The molecule has 2 N–H and O–H groups in total. The van der Waals surface area contributed by atoms with E-state index in [0.717, 1.165) is 0 Å². The molecule has 4 heteroatoms. The maximum Gasteiger partial charge on any atom is 0.330 e. The Morgan fingerprint density at radius 3 is 2.56 bits per heavy atom. The van der Waals surface area contributed by atoms with Gasteiger partial charge in [0, 0.05) is 0 Å². The quantitative estimate of drug-likeness (QED) is 0.508. The van der Waals surface area contributed by atoms with Gasteiger partial charge in [-0.2, -0.15) is 0 Å². The van der Waals surface area contributed by atoms with Crippen LogP contribution in [0.3, 0.4) is 0 Å². The van der Waals surface area contributed by atoms with Crippen molar-refractivity contribution >= 4 is 12.2 Å². The first-order valence-corrected chi connectivity index (χ1v) is 2.53. The molecule has 0 amide bonds. The zero-order chi connectivity index (χ0) is 7.28. The van der Waals surface area contributed by atoms with E-state index in [-0.39, 0.29) is 0 Å². The lowest BCUT2D eigenvalue weighted by Crippen LogP contribution is -2.21. The third-order valence-electron chi connectivity index (χ3n) is 0.787. The Bertz CT molecular complexity index is 121. The van der Waals surface area contributed by atoms with E-state index >= 15 is 0 Å². The highest BCUT2D eigenvalue weighted by Crippen LogP contribution is 1.86. The molecule has 0 aliphatic heterocycles. The SMILES string of the molecule is CC=NC(CO)C(=O)O. The van der Waals surface area contributed by atoms with Crippen LogP contribution >= 0.6 is 0 Å². The zero-order valence-electron chi connectivity index (χ0n) is 5.11. The van der Waals surface area contributed by atoms with Crippen LogP contribution in [0, 0.1) is 0 Å². The van der Waals surface area contributed by atoms with Crippen LogP contribution in [-0.2, 0) is 4.79 Å². The predicted octanol–water partition coefficient (Wildman–Crippen LogP) is -0.477. The first-order chi connectivity index (χ1) is 4.22. The fourth-order valence-corrected chi connectivity index (χ4v) is 0.369. The number of aliphatic imine (C=N–C) groups is 1. The van der Waals surface area contributed by atoms with Gasteiger partial charge in [-0.25, -0.2) is 4.79 Å². The number of aliphatic carboxylic acids is 1. The second kappa shape index (κ2) is 4.03. The lowest BCUT2D eigenvalue weighted by atomic mass is 10.3. The Balaban J connectivity index is 3.83. The predicted molar refractivity (Wildman–Crippen MR) is 32.7 cm³/mol. The molecule has 0 aromatic rings. The van der Waals surface area contributed by atoms with E-state index in [1.54, 1.807) is 6.92 Å². The van der Waals surface area contributed by atoms with Gasteiger partial charge in [-0.3, -0.25) is 4.99 Å². The normalized spacial score (nSPS) is 14.0.